The Hall–Kier alpha value is -2.67. The fourth-order valence-corrected chi connectivity index (χ4v) is 2.89. The van der Waals surface area contributed by atoms with Crippen LogP contribution in [0, 0.1) is 0 Å². The number of piperazine rings is 1. The zero-order chi connectivity index (χ0) is 15.6. The van der Waals surface area contributed by atoms with Crippen LogP contribution in [-0.2, 0) is 11.2 Å². The number of anilines is 4. The molecule has 4 rings (SSSR count). The summed E-state index contributed by atoms with van der Waals surface area (Å²) >= 11 is 0. The van der Waals surface area contributed by atoms with Gasteiger partial charge in [0.2, 0.25) is 11.9 Å². The number of rotatable bonds is 3. The summed E-state index contributed by atoms with van der Waals surface area (Å²) in [5.41, 5.74) is 2.83. The van der Waals surface area contributed by atoms with Gasteiger partial charge in [0.05, 0.1) is 6.42 Å². The second-order valence-electron chi connectivity index (χ2n) is 5.70. The molecule has 1 fully saturated rings. The molecular weight excluding hydrogens is 292 g/mol. The Balaban J connectivity index is 1.53. The van der Waals surface area contributed by atoms with Crippen molar-refractivity contribution in [3.05, 3.63) is 36.0 Å². The van der Waals surface area contributed by atoms with Gasteiger partial charge in [0.1, 0.15) is 5.82 Å². The van der Waals surface area contributed by atoms with E-state index in [-0.39, 0.29) is 5.91 Å². The summed E-state index contributed by atoms with van der Waals surface area (Å²) in [5, 5.41) is 9.45. The highest BCUT2D eigenvalue weighted by atomic mass is 16.1. The number of carbonyl (C=O) groups excluding carboxylic acids is 1. The van der Waals surface area contributed by atoms with E-state index in [2.05, 4.69) is 30.8 Å². The van der Waals surface area contributed by atoms with Gasteiger partial charge >= 0.3 is 0 Å². The first-order valence-electron chi connectivity index (χ1n) is 7.76. The van der Waals surface area contributed by atoms with Crippen LogP contribution in [0.5, 0.6) is 0 Å². The van der Waals surface area contributed by atoms with Crippen molar-refractivity contribution < 1.29 is 4.79 Å². The van der Waals surface area contributed by atoms with E-state index in [1.54, 1.807) is 6.20 Å². The van der Waals surface area contributed by atoms with Crippen LogP contribution in [0.15, 0.2) is 30.5 Å². The van der Waals surface area contributed by atoms with E-state index < -0.39 is 0 Å². The topological polar surface area (TPSA) is 82.2 Å². The van der Waals surface area contributed by atoms with Gasteiger partial charge in [0, 0.05) is 43.8 Å². The highest BCUT2D eigenvalue weighted by Crippen LogP contribution is 2.27. The third-order valence-electron chi connectivity index (χ3n) is 4.05. The van der Waals surface area contributed by atoms with Crippen LogP contribution in [0.25, 0.3) is 0 Å². The molecule has 0 spiro atoms. The van der Waals surface area contributed by atoms with Crippen LogP contribution in [0.4, 0.5) is 23.1 Å². The fourth-order valence-electron chi connectivity index (χ4n) is 2.89. The molecule has 23 heavy (non-hydrogen) atoms. The number of fused-ring (bicyclic) bond motifs is 1. The molecule has 0 unspecified atom stereocenters. The minimum absolute atomic E-state index is 0.0418. The van der Waals surface area contributed by atoms with E-state index in [0.717, 1.165) is 54.9 Å². The van der Waals surface area contributed by atoms with Crippen molar-refractivity contribution in [1.82, 2.24) is 15.3 Å². The van der Waals surface area contributed by atoms with Crippen molar-refractivity contribution in [2.45, 2.75) is 6.42 Å². The molecule has 7 heteroatoms. The first-order chi connectivity index (χ1) is 11.3. The Labute approximate surface area is 134 Å². The predicted octanol–water partition coefficient (Wildman–Crippen LogP) is 1.12. The Bertz CT molecular complexity index is 741. The number of carbonyl (C=O) groups is 1. The van der Waals surface area contributed by atoms with Gasteiger partial charge < -0.3 is 20.9 Å². The second kappa shape index (κ2) is 5.85. The van der Waals surface area contributed by atoms with Crippen LogP contribution in [-0.4, -0.2) is 42.1 Å². The lowest BCUT2D eigenvalue weighted by molar-refractivity contribution is -0.115. The van der Waals surface area contributed by atoms with Crippen molar-refractivity contribution in [2.24, 2.45) is 0 Å². The number of hydrogen-bond acceptors (Lipinski definition) is 6. The molecular formula is C16H18N6O. The Morgan fingerprint density at radius 1 is 1.17 bits per heavy atom. The molecule has 1 saturated heterocycles. The number of aromatic nitrogens is 2. The average molecular weight is 310 g/mol. The highest BCUT2D eigenvalue weighted by molar-refractivity contribution is 5.99. The van der Waals surface area contributed by atoms with E-state index in [1.807, 2.05) is 24.3 Å². The van der Waals surface area contributed by atoms with Gasteiger partial charge in [-0.2, -0.15) is 4.98 Å². The first-order valence-corrected chi connectivity index (χ1v) is 7.76. The SMILES string of the molecule is O=C1Cc2cc(Nc3ccnc(N4CCNCC4)n3)ccc2N1. The number of benzene rings is 1. The second-order valence-corrected chi connectivity index (χ2v) is 5.70. The molecule has 118 valence electrons. The third-order valence-corrected chi connectivity index (χ3v) is 4.05. The van der Waals surface area contributed by atoms with Crippen LogP contribution < -0.4 is 20.9 Å². The predicted molar refractivity (Wildman–Crippen MR) is 89.2 cm³/mol. The standard InChI is InChI=1S/C16H18N6O/c23-15-10-11-9-12(1-2-13(11)20-15)19-14-3-4-18-16(21-14)22-7-5-17-6-8-22/h1-4,9,17H,5-8,10H2,(H,20,23)(H,18,19,21). The Kier molecular flexibility index (Phi) is 3.55. The molecule has 1 amide bonds. The van der Waals surface area contributed by atoms with Gasteiger partial charge in [-0.05, 0) is 29.8 Å². The summed E-state index contributed by atoms with van der Waals surface area (Å²) in [6.07, 6.45) is 2.20. The molecule has 2 aliphatic rings. The molecule has 2 aliphatic heterocycles. The summed E-state index contributed by atoms with van der Waals surface area (Å²) in [7, 11) is 0. The zero-order valence-corrected chi connectivity index (χ0v) is 12.7. The van der Waals surface area contributed by atoms with Crippen molar-refractivity contribution in [2.75, 3.05) is 41.7 Å². The largest absolute Gasteiger partial charge is 0.340 e. The molecule has 2 aromatic rings. The van der Waals surface area contributed by atoms with Gasteiger partial charge in [0.15, 0.2) is 0 Å². The molecule has 1 aromatic heterocycles. The van der Waals surface area contributed by atoms with Crippen LogP contribution in [0.3, 0.4) is 0 Å². The highest BCUT2D eigenvalue weighted by Gasteiger charge is 2.18. The molecule has 0 radical (unpaired) electrons. The lowest BCUT2D eigenvalue weighted by Crippen LogP contribution is -2.44. The average Bonchev–Trinajstić information content (AvgIpc) is 2.95. The molecule has 0 atom stereocenters. The molecule has 7 nitrogen and oxygen atoms in total. The van der Waals surface area contributed by atoms with Crippen molar-refractivity contribution >= 4 is 29.0 Å². The molecule has 0 saturated carbocycles. The Morgan fingerprint density at radius 2 is 2.04 bits per heavy atom. The minimum Gasteiger partial charge on any atom is -0.340 e. The smallest absolute Gasteiger partial charge is 0.228 e. The minimum atomic E-state index is 0.0418. The summed E-state index contributed by atoms with van der Waals surface area (Å²) in [4.78, 5) is 22.6. The van der Waals surface area contributed by atoms with Crippen LogP contribution >= 0.6 is 0 Å². The number of nitrogens with one attached hydrogen (secondary N) is 3. The number of nitrogens with zero attached hydrogens (tertiary/aromatic N) is 3. The zero-order valence-electron chi connectivity index (χ0n) is 12.7. The van der Waals surface area contributed by atoms with Crippen molar-refractivity contribution in [3.8, 4) is 0 Å². The van der Waals surface area contributed by atoms with Gasteiger partial charge in [-0.25, -0.2) is 4.98 Å². The molecule has 0 bridgehead atoms. The van der Waals surface area contributed by atoms with Gasteiger partial charge in [-0.1, -0.05) is 0 Å². The molecule has 3 heterocycles. The fraction of sp³-hybridized carbons (Fsp3) is 0.312. The van der Waals surface area contributed by atoms with Crippen molar-refractivity contribution in [1.29, 1.82) is 0 Å². The van der Waals surface area contributed by atoms with Gasteiger partial charge in [-0.3, -0.25) is 4.79 Å². The lowest BCUT2D eigenvalue weighted by atomic mass is 10.1. The summed E-state index contributed by atoms with van der Waals surface area (Å²) < 4.78 is 0. The molecule has 1 aromatic carbocycles. The molecule has 0 aliphatic carbocycles. The quantitative estimate of drug-likeness (QED) is 0.788. The number of amides is 1. The Morgan fingerprint density at radius 3 is 2.91 bits per heavy atom. The summed E-state index contributed by atoms with van der Waals surface area (Å²) in [6.45, 7) is 3.73. The maximum Gasteiger partial charge on any atom is 0.228 e. The summed E-state index contributed by atoms with van der Waals surface area (Å²) in [5.74, 6) is 1.54. The first kappa shape index (κ1) is 14.0. The van der Waals surface area contributed by atoms with E-state index >= 15 is 0 Å². The normalized spacial score (nSPS) is 16.9. The number of hydrogen-bond donors (Lipinski definition) is 3. The van der Waals surface area contributed by atoms with Gasteiger partial charge in [-0.15, -0.1) is 0 Å². The monoisotopic (exact) mass is 310 g/mol. The van der Waals surface area contributed by atoms with E-state index in [1.165, 1.54) is 0 Å². The maximum absolute atomic E-state index is 11.4. The summed E-state index contributed by atoms with van der Waals surface area (Å²) in [6, 6.07) is 7.69. The van der Waals surface area contributed by atoms with Crippen molar-refractivity contribution in [3.63, 3.8) is 0 Å². The lowest BCUT2D eigenvalue weighted by Gasteiger charge is -2.27. The van der Waals surface area contributed by atoms with E-state index in [0.29, 0.717) is 6.42 Å². The third kappa shape index (κ3) is 2.95. The van der Waals surface area contributed by atoms with Crippen LogP contribution in [0.1, 0.15) is 5.56 Å². The van der Waals surface area contributed by atoms with Crippen LogP contribution in [0.2, 0.25) is 0 Å². The van der Waals surface area contributed by atoms with E-state index in [4.69, 9.17) is 0 Å². The molecule has 3 N–H and O–H groups in total. The van der Waals surface area contributed by atoms with E-state index in [9.17, 15) is 4.79 Å². The maximum atomic E-state index is 11.4. The van der Waals surface area contributed by atoms with Gasteiger partial charge in [0.25, 0.3) is 0 Å².